The van der Waals surface area contributed by atoms with Crippen molar-refractivity contribution in [2.75, 3.05) is 7.11 Å². The van der Waals surface area contributed by atoms with Crippen LogP contribution in [0.2, 0.25) is 10.0 Å². The Morgan fingerprint density at radius 3 is 2.50 bits per heavy atom. The number of aromatic nitrogens is 1. The number of amides is 2. The molecule has 0 atom stereocenters. The molecule has 1 aliphatic heterocycles. The second kappa shape index (κ2) is 9.70. The highest BCUT2D eigenvalue weighted by molar-refractivity contribution is 8.18. The highest BCUT2D eigenvalue weighted by Crippen LogP contribution is 2.35. The predicted octanol–water partition coefficient (Wildman–Crippen LogP) is 6.42. The number of carbonyl (C=O) groups is 3. The molecular formula is C25H20Cl2N2O4S. The van der Waals surface area contributed by atoms with Crippen LogP contribution in [-0.4, -0.2) is 33.7 Å². The van der Waals surface area contributed by atoms with E-state index in [9.17, 15) is 14.4 Å². The molecule has 2 aromatic carbocycles. The summed E-state index contributed by atoms with van der Waals surface area (Å²) in [4.78, 5) is 39.4. The first-order valence-electron chi connectivity index (χ1n) is 10.3. The van der Waals surface area contributed by atoms with Crippen LogP contribution in [0.5, 0.6) is 0 Å². The summed E-state index contributed by atoms with van der Waals surface area (Å²) in [6, 6.07) is 14.1. The zero-order chi connectivity index (χ0) is 24.6. The maximum atomic E-state index is 13.0. The fourth-order valence-corrected chi connectivity index (χ4v) is 5.00. The molecule has 0 N–H and O–H groups in total. The van der Waals surface area contributed by atoms with Crippen LogP contribution in [0.4, 0.5) is 4.79 Å². The number of para-hydroxylation sites is 1. The maximum Gasteiger partial charge on any atom is 0.339 e. The molecule has 4 rings (SSSR count). The standard InChI is InChI=1S/C25H20Cl2N2O4S/c1-14-10-17(15(2)29(14)21-7-5-4-6-18(21)24(31)33-3)12-22-23(30)28(25(32)34-22)13-16-8-9-19(26)20(27)11-16/h4-12H,13H2,1-3H3/b22-12-. The molecule has 1 saturated heterocycles. The Morgan fingerprint density at radius 1 is 1.06 bits per heavy atom. The number of methoxy groups -OCH3 is 1. The number of hydrogen-bond donors (Lipinski definition) is 0. The van der Waals surface area contributed by atoms with E-state index in [2.05, 4.69) is 0 Å². The van der Waals surface area contributed by atoms with Gasteiger partial charge < -0.3 is 9.30 Å². The van der Waals surface area contributed by atoms with E-state index in [0.29, 0.717) is 31.8 Å². The Bertz CT molecular complexity index is 1360. The summed E-state index contributed by atoms with van der Waals surface area (Å²) in [5.74, 6) is -0.811. The van der Waals surface area contributed by atoms with E-state index in [-0.39, 0.29) is 17.7 Å². The molecule has 3 aromatic rings. The van der Waals surface area contributed by atoms with Crippen molar-refractivity contribution in [2.45, 2.75) is 20.4 Å². The molecule has 0 spiro atoms. The van der Waals surface area contributed by atoms with Crippen LogP contribution in [0.15, 0.2) is 53.4 Å². The summed E-state index contributed by atoms with van der Waals surface area (Å²) in [6.45, 7) is 3.91. The van der Waals surface area contributed by atoms with Crippen molar-refractivity contribution >= 4 is 58.2 Å². The minimum Gasteiger partial charge on any atom is -0.465 e. The zero-order valence-electron chi connectivity index (χ0n) is 18.6. The first kappa shape index (κ1) is 24.1. The van der Waals surface area contributed by atoms with Gasteiger partial charge in [-0.2, -0.15) is 0 Å². The molecule has 1 fully saturated rings. The van der Waals surface area contributed by atoms with E-state index in [1.165, 1.54) is 12.0 Å². The van der Waals surface area contributed by atoms with Gasteiger partial charge in [-0.3, -0.25) is 14.5 Å². The van der Waals surface area contributed by atoms with Crippen LogP contribution in [0, 0.1) is 13.8 Å². The minimum atomic E-state index is -0.437. The molecule has 0 aliphatic carbocycles. The van der Waals surface area contributed by atoms with E-state index in [4.69, 9.17) is 27.9 Å². The van der Waals surface area contributed by atoms with Gasteiger partial charge in [-0.15, -0.1) is 0 Å². The van der Waals surface area contributed by atoms with E-state index in [0.717, 1.165) is 28.7 Å². The van der Waals surface area contributed by atoms with E-state index < -0.39 is 5.97 Å². The summed E-state index contributed by atoms with van der Waals surface area (Å²) < 4.78 is 6.85. The Labute approximate surface area is 211 Å². The average molecular weight is 515 g/mol. The van der Waals surface area contributed by atoms with Crippen LogP contribution >= 0.6 is 35.0 Å². The van der Waals surface area contributed by atoms with E-state index in [1.54, 1.807) is 36.4 Å². The third-order valence-electron chi connectivity index (χ3n) is 5.51. The third kappa shape index (κ3) is 4.51. The number of ether oxygens (including phenoxy) is 1. The van der Waals surface area contributed by atoms with Gasteiger partial charge in [0, 0.05) is 11.4 Å². The molecule has 1 aromatic heterocycles. The summed E-state index contributed by atoms with van der Waals surface area (Å²) in [6.07, 6.45) is 1.71. The molecule has 34 heavy (non-hydrogen) atoms. The molecule has 1 aliphatic rings. The van der Waals surface area contributed by atoms with Crippen molar-refractivity contribution in [1.29, 1.82) is 0 Å². The lowest BCUT2D eigenvalue weighted by Crippen LogP contribution is -2.27. The summed E-state index contributed by atoms with van der Waals surface area (Å²) in [5.41, 5.74) is 4.28. The molecule has 0 unspecified atom stereocenters. The molecule has 0 radical (unpaired) electrons. The molecule has 9 heteroatoms. The number of aryl methyl sites for hydroxylation is 1. The second-order valence-electron chi connectivity index (χ2n) is 7.69. The number of hydrogen-bond acceptors (Lipinski definition) is 5. The Kier molecular flexibility index (Phi) is 6.89. The number of imide groups is 1. The first-order chi connectivity index (χ1) is 16.2. The number of halogens is 2. The number of rotatable bonds is 5. The lowest BCUT2D eigenvalue weighted by molar-refractivity contribution is -0.123. The maximum absolute atomic E-state index is 13.0. The number of benzene rings is 2. The van der Waals surface area contributed by atoms with E-state index >= 15 is 0 Å². The fraction of sp³-hybridized carbons (Fsp3) is 0.160. The summed E-state index contributed by atoms with van der Waals surface area (Å²) >= 11 is 12.9. The van der Waals surface area contributed by atoms with Crippen molar-refractivity contribution < 1.29 is 19.1 Å². The van der Waals surface area contributed by atoms with E-state index in [1.807, 2.05) is 36.6 Å². The topological polar surface area (TPSA) is 68.6 Å². The lowest BCUT2D eigenvalue weighted by atomic mass is 10.1. The molecule has 0 saturated carbocycles. The molecule has 0 bridgehead atoms. The van der Waals surface area contributed by atoms with Gasteiger partial charge in [-0.1, -0.05) is 41.4 Å². The molecule has 6 nitrogen and oxygen atoms in total. The van der Waals surface area contributed by atoms with Crippen LogP contribution < -0.4 is 0 Å². The monoisotopic (exact) mass is 514 g/mol. The normalized spacial score (nSPS) is 14.9. The largest absolute Gasteiger partial charge is 0.465 e. The van der Waals surface area contributed by atoms with Gasteiger partial charge in [0.2, 0.25) is 0 Å². The van der Waals surface area contributed by atoms with Crippen molar-refractivity contribution in [1.82, 2.24) is 9.47 Å². The molecule has 174 valence electrons. The van der Waals surface area contributed by atoms with Gasteiger partial charge in [0.05, 0.1) is 39.9 Å². The summed E-state index contributed by atoms with van der Waals surface area (Å²) in [7, 11) is 1.34. The molecular weight excluding hydrogens is 495 g/mol. The fourth-order valence-electron chi connectivity index (χ4n) is 3.85. The SMILES string of the molecule is COC(=O)c1ccccc1-n1c(C)cc(/C=C2\SC(=O)N(Cc3ccc(Cl)c(Cl)c3)C2=O)c1C. The van der Waals surface area contributed by atoms with Crippen LogP contribution in [0.25, 0.3) is 11.8 Å². The quantitative estimate of drug-likeness (QED) is 0.290. The van der Waals surface area contributed by atoms with Crippen molar-refractivity contribution in [3.63, 3.8) is 0 Å². The van der Waals surface area contributed by atoms with Crippen molar-refractivity contribution in [3.8, 4) is 5.69 Å². The van der Waals surface area contributed by atoms with Crippen LogP contribution in [0.3, 0.4) is 0 Å². The number of thioether (sulfide) groups is 1. The molecule has 2 heterocycles. The number of nitrogens with zero attached hydrogens (tertiary/aromatic N) is 2. The van der Waals surface area contributed by atoms with Gasteiger partial charge in [-0.05, 0) is 73.1 Å². The Balaban J connectivity index is 1.66. The lowest BCUT2D eigenvalue weighted by Gasteiger charge is -2.13. The average Bonchev–Trinajstić information content (AvgIpc) is 3.24. The summed E-state index contributed by atoms with van der Waals surface area (Å²) in [5, 5.41) is 0.414. The number of carbonyl (C=O) groups excluding carboxylic acids is 3. The first-order valence-corrected chi connectivity index (χ1v) is 11.8. The van der Waals surface area contributed by atoms with Gasteiger partial charge >= 0.3 is 5.97 Å². The van der Waals surface area contributed by atoms with Gasteiger partial charge in [-0.25, -0.2) is 4.79 Å². The minimum absolute atomic E-state index is 0.102. The highest BCUT2D eigenvalue weighted by atomic mass is 35.5. The smallest absolute Gasteiger partial charge is 0.339 e. The number of esters is 1. The second-order valence-corrected chi connectivity index (χ2v) is 9.49. The third-order valence-corrected chi connectivity index (χ3v) is 7.15. The van der Waals surface area contributed by atoms with Gasteiger partial charge in [0.15, 0.2) is 0 Å². The van der Waals surface area contributed by atoms with Crippen LogP contribution in [0.1, 0.15) is 32.9 Å². The molecule has 2 amide bonds. The Morgan fingerprint density at radius 2 is 1.79 bits per heavy atom. The van der Waals surface area contributed by atoms with Gasteiger partial charge in [0.1, 0.15) is 0 Å². The van der Waals surface area contributed by atoms with Crippen LogP contribution in [-0.2, 0) is 16.1 Å². The predicted molar refractivity (Wildman–Crippen MR) is 135 cm³/mol. The van der Waals surface area contributed by atoms with Crippen molar-refractivity contribution in [3.05, 3.63) is 91.6 Å². The van der Waals surface area contributed by atoms with Gasteiger partial charge in [0.25, 0.3) is 11.1 Å². The highest BCUT2D eigenvalue weighted by Gasteiger charge is 2.35. The zero-order valence-corrected chi connectivity index (χ0v) is 20.9. The van der Waals surface area contributed by atoms with Crippen molar-refractivity contribution in [2.24, 2.45) is 0 Å². The Hall–Kier alpha value is -3.00.